The lowest BCUT2D eigenvalue weighted by atomic mass is 9.90. The summed E-state index contributed by atoms with van der Waals surface area (Å²) in [5.74, 6) is -0.594. The van der Waals surface area contributed by atoms with Crippen LogP contribution >= 0.6 is 0 Å². The summed E-state index contributed by atoms with van der Waals surface area (Å²) in [6.07, 6.45) is 4.98. The summed E-state index contributed by atoms with van der Waals surface area (Å²) in [6.45, 7) is 1.12. The van der Waals surface area contributed by atoms with E-state index in [0.29, 0.717) is 13.1 Å². The number of pyridine rings is 1. The van der Waals surface area contributed by atoms with Crippen molar-refractivity contribution >= 4 is 5.91 Å². The quantitative estimate of drug-likeness (QED) is 0.745. The highest BCUT2D eigenvalue weighted by Crippen LogP contribution is 2.33. The summed E-state index contributed by atoms with van der Waals surface area (Å²) in [6, 6.07) is 9.34. The number of nitrogens with one attached hydrogen (secondary N) is 1. The molecular formula is C20H19FN4O2. The number of nitrogens with zero attached hydrogens (tertiary/aromatic N) is 3. The van der Waals surface area contributed by atoms with E-state index in [0.717, 1.165) is 29.7 Å². The van der Waals surface area contributed by atoms with Crippen molar-refractivity contribution in [3.63, 3.8) is 0 Å². The molecule has 1 amide bonds. The van der Waals surface area contributed by atoms with E-state index < -0.39 is 0 Å². The highest BCUT2D eigenvalue weighted by molar-refractivity contribution is 5.94. The van der Waals surface area contributed by atoms with E-state index in [-0.39, 0.29) is 29.1 Å². The minimum atomic E-state index is -0.284. The first-order valence-corrected chi connectivity index (χ1v) is 8.86. The van der Waals surface area contributed by atoms with Crippen LogP contribution in [-0.2, 0) is 0 Å². The number of benzene rings is 1. The van der Waals surface area contributed by atoms with Crippen molar-refractivity contribution in [2.75, 3.05) is 13.1 Å². The maximum atomic E-state index is 13.2. The molecule has 0 unspecified atom stereocenters. The second-order valence-electron chi connectivity index (χ2n) is 6.67. The van der Waals surface area contributed by atoms with Gasteiger partial charge in [-0.2, -0.15) is 5.10 Å². The van der Waals surface area contributed by atoms with Gasteiger partial charge < -0.3 is 10.0 Å². The fourth-order valence-electron chi connectivity index (χ4n) is 3.58. The predicted molar refractivity (Wildman–Crippen MR) is 97.8 cm³/mol. The molecule has 0 bridgehead atoms. The molecule has 1 atom stereocenters. The van der Waals surface area contributed by atoms with E-state index in [1.165, 1.54) is 24.4 Å². The number of carbonyl (C=O) groups is 1. The number of halogens is 1. The van der Waals surface area contributed by atoms with Crippen molar-refractivity contribution in [3.8, 4) is 16.9 Å². The third kappa shape index (κ3) is 3.40. The Morgan fingerprint density at radius 1 is 1.26 bits per heavy atom. The minimum absolute atomic E-state index is 0.0709. The van der Waals surface area contributed by atoms with Crippen molar-refractivity contribution in [1.82, 2.24) is 20.1 Å². The smallest absolute Gasteiger partial charge is 0.276 e. The summed E-state index contributed by atoms with van der Waals surface area (Å²) >= 11 is 0. The van der Waals surface area contributed by atoms with Crippen LogP contribution < -0.4 is 0 Å². The largest absolute Gasteiger partial charge is 0.505 e. The molecule has 1 aromatic carbocycles. The standard InChI is InChI=1S/C20H19FN4O2/c21-15-7-5-13(6-8-15)16-11-23-24-18(16)14-3-2-10-25(12-14)20(27)19-17(26)4-1-9-22-19/h1,4-9,11,14,26H,2-3,10,12H2,(H,23,24)/t14-/m1/s1. The second kappa shape index (κ2) is 7.19. The molecule has 27 heavy (non-hydrogen) atoms. The fourth-order valence-corrected chi connectivity index (χ4v) is 3.58. The molecule has 1 aliphatic rings. The number of aromatic amines is 1. The van der Waals surface area contributed by atoms with Gasteiger partial charge in [0.1, 0.15) is 11.6 Å². The topological polar surface area (TPSA) is 82.1 Å². The Labute approximate surface area is 155 Å². The third-order valence-corrected chi connectivity index (χ3v) is 4.93. The van der Waals surface area contributed by atoms with Gasteiger partial charge in [-0.15, -0.1) is 0 Å². The van der Waals surface area contributed by atoms with E-state index in [2.05, 4.69) is 15.2 Å². The van der Waals surface area contributed by atoms with Gasteiger partial charge in [0.25, 0.3) is 5.91 Å². The van der Waals surface area contributed by atoms with Gasteiger partial charge in [-0.25, -0.2) is 9.37 Å². The van der Waals surface area contributed by atoms with E-state index in [4.69, 9.17) is 0 Å². The Morgan fingerprint density at radius 2 is 2.07 bits per heavy atom. The molecule has 6 nitrogen and oxygen atoms in total. The van der Waals surface area contributed by atoms with Gasteiger partial charge in [-0.1, -0.05) is 12.1 Å². The average molecular weight is 366 g/mol. The van der Waals surface area contributed by atoms with Crippen molar-refractivity contribution < 1.29 is 14.3 Å². The Hall–Kier alpha value is -3.22. The van der Waals surface area contributed by atoms with Crippen LogP contribution in [0.3, 0.4) is 0 Å². The van der Waals surface area contributed by atoms with Crippen LogP contribution in [0, 0.1) is 5.82 Å². The number of hydrogen-bond acceptors (Lipinski definition) is 4. The van der Waals surface area contributed by atoms with E-state index in [1.807, 2.05) is 0 Å². The molecule has 7 heteroatoms. The number of aromatic nitrogens is 3. The minimum Gasteiger partial charge on any atom is -0.505 e. The lowest BCUT2D eigenvalue weighted by Crippen LogP contribution is -2.39. The predicted octanol–water partition coefficient (Wildman–Crippen LogP) is 3.34. The monoisotopic (exact) mass is 366 g/mol. The normalized spacial score (nSPS) is 17.1. The molecule has 0 saturated carbocycles. The van der Waals surface area contributed by atoms with Gasteiger partial charge in [-0.05, 0) is 42.7 Å². The number of rotatable bonds is 3. The highest BCUT2D eigenvalue weighted by atomic mass is 19.1. The summed E-state index contributed by atoms with van der Waals surface area (Å²) in [4.78, 5) is 18.5. The Balaban J connectivity index is 1.58. The van der Waals surface area contributed by atoms with Crippen LogP contribution in [0.2, 0.25) is 0 Å². The molecule has 0 radical (unpaired) electrons. The number of likely N-dealkylation sites (tertiary alicyclic amines) is 1. The van der Waals surface area contributed by atoms with Crippen molar-refractivity contribution in [2.24, 2.45) is 0 Å². The van der Waals surface area contributed by atoms with Crippen LogP contribution in [-0.4, -0.2) is 44.2 Å². The van der Waals surface area contributed by atoms with Crippen LogP contribution in [0.25, 0.3) is 11.1 Å². The summed E-state index contributed by atoms with van der Waals surface area (Å²) in [5.41, 5.74) is 2.80. The van der Waals surface area contributed by atoms with Crippen LogP contribution in [0.4, 0.5) is 4.39 Å². The number of hydrogen-bond donors (Lipinski definition) is 2. The lowest BCUT2D eigenvalue weighted by molar-refractivity contribution is 0.0696. The Kier molecular flexibility index (Phi) is 4.58. The van der Waals surface area contributed by atoms with Crippen molar-refractivity contribution in [3.05, 3.63) is 66.0 Å². The van der Waals surface area contributed by atoms with E-state index >= 15 is 0 Å². The summed E-state index contributed by atoms with van der Waals surface area (Å²) in [5, 5.41) is 17.1. The molecule has 3 heterocycles. The molecule has 1 saturated heterocycles. The van der Waals surface area contributed by atoms with E-state index in [1.54, 1.807) is 29.3 Å². The average Bonchev–Trinajstić information content (AvgIpc) is 3.18. The number of H-pyrrole nitrogens is 1. The molecular weight excluding hydrogens is 347 g/mol. The Morgan fingerprint density at radius 3 is 2.85 bits per heavy atom. The zero-order chi connectivity index (χ0) is 18.8. The third-order valence-electron chi connectivity index (χ3n) is 4.93. The van der Waals surface area contributed by atoms with Crippen LogP contribution in [0.1, 0.15) is 34.9 Å². The zero-order valence-electron chi connectivity index (χ0n) is 14.6. The van der Waals surface area contributed by atoms with Gasteiger partial charge in [0, 0.05) is 36.5 Å². The van der Waals surface area contributed by atoms with Gasteiger partial charge in [0.2, 0.25) is 0 Å². The molecule has 1 fully saturated rings. The van der Waals surface area contributed by atoms with Crippen molar-refractivity contribution in [2.45, 2.75) is 18.8 Å². The maximum Gasteiger partial charge on any atom is 0.276 e. The molecule has 3 aromatic rings. The molecule has 0 spiro atoms. The molecule has 2 N–H and O–H groups in total. The molecule has 138 valence electrons. The summed E-state index contributed by atoms with van der Waals surface area (Å²) in [7, 11) is 0. The van der Waals surface area contributed by atoms with Crippen LogP contribution in [0.5, 0.6) is 5.75 Å². The molecule has 2 aromatic heterocycles. The first-order valence-electron chi connectivity index (χ1n) is 8.86. The summed E-state index contributed by atoms with van der Waals surface area (Å²) < 4.78 is 13.2. The van der Waals surface area contributed by atoms with Crippen LogP contribution in [0.15, 0.2) is 48.8 Å². The number of piperidine rings is 1. The number of carbonyl (C=O) groups excluding carboxylic acids is 1. The SMILES string of the molecule is O=C(c1ncccc1O)N1CCC[C@@H](c2[nH]ncc2-c2ccc(F)cc2)C1. The number of amides is 1. The maximum absolute atomic E-state index is 13.2. The van der Waals surface area contributed by atoms with Gasteiger partial charge in [-0.3, -0.25) is 9.89 Å². The van der Waals surface area contributed by atoms with Gasteiger partial charge in [0.05, 0.1) is 6.20 Å². The first kappa shape index (κ1) is 17.2. The first-order chi connectivity index (χ1) is 13.1. The fraction of sp³-hybridized carbons (Fsp3) is 0.250. The lowest BCUT2D eigenvalue weighted by Gasteiger charge is -2.32. The highest BCUT2D eigenvalue weighted by Gasteiger charge is 2.29. The number of aromatic hydroxyl groups is 1. The van der Waals surface area contributed by atoms with Gasteiger partial charge >= 0.3 is 0 Å². The molecule has 1 aliphatic heterocycles. The second-order valence-corrected chi connectivity index (χ2v) is 6.67. The molecule has 0 aliphatic carbocycles. The molecule has 4 rings (SSSR count). The van der Waals surface area contributed by atoms with Gasteiger partial charge in [0.15, 0.2) is 5.69 Å². The van der Waals surface area contributed by atoms with E-state index in [9.17, 15) is 14.3 Å². The van der Waals surface area contributed by atoms with Crippen molar-refractivity contribution in [1.29, 1.82) is 0 Å². The Bertz CT molecular complexity index is 955. The zero-order valence-corrected chi connectivity index (χ0v) is 14.6.